The molecule has 0 aliphatic carbocycles. The number of para-hydroxylation sites is 1. The SMILES string of the molecule is NS(=O)(=O)c1ccc(NC(=O)CSc2nnnn2-c2ccccc2F)cc1. The summed E-state index contributed by atoms with van der Waals surface area (Å²) >= 11 is 1.02. The van der Waals surface area contributed by atoms with Gasteiger partial charge in [-0.15, -0.1) is 5.10 Å². The topological polar surface area (TPSA) is 133 Å². The summed E-state index contributed by atoms with van der Waals surface area (Å²) in [5.41, 5.74) is 0.575. The second-order valence-electron chi connectivity index (χ2n) is 5.23. The Balaban J connectivity index is 1.64. The first-order valence-corrected chi connectivity index (χ1v) is 9.96. The van der Waals surface area contributed by atoms with Gasteiger partial charge in [-0.2, -0.15) is 4.68 Å². The van der Waals surface area contributed by atoms with Crippen molar-refractivity contribution in [3.63, 3.8) is 0 Å². The molecule has 1 aromatic heterocycles. The number of rotatable bonds is 6. The lowest BCUT2D eigenvalue weighted by atomic mass is 10.3. The van der Waals surface area contributed by atoms with E-state index >= 15 is 0 Å². The number of carbonyl (C=O) groups excluding carboxylic acids is 1. The van der Waals surface area contributed by atoms with Crippen LogP contribution in [0.15, 0.2) is 58.6 Å². The average Bonchev–Trinajstić information content (AvgIpc) is 3.08. The maximum Gasteiger partial charge on any atom is 0.238 e. The average molecular weight is 408 g/mol. The van der Waals surface area contributed by atoms with Gasteiger partial charge in [0.2, 0.25) is 21.1 Å². The molecule has 0 aliphatic heterocycles. The summed E-state index contributed by atoms with van der Waals surface area (Å²) in [7, 11) is -3.79. The van der Waals surface area contributed by atoms with Crippen molar-refractivity contribution in [2.75, 3.05) is 11.1 Å². The van der Waals surface area contributed by atoms with Crippen LogP contribution in [0, 0.1) is 5.82 Å². The number of aromatic nitrogens is 4. The molecule has 1 heterocycles. The normalized spacial score (nSPS) is 11.3. The number of tetrazole rings is 1. The van der Waals surface area contributed by atoms with Gasteiger partial charge in [0.05, 0.1) is 10.6 Å². The molecule has 0 unspecified atom stereocenters. The third-order valence-corrected chi connectivity index (χ3v) is 5.17. The number of benzene rings is 2. The smallest absolute Gasteiger partial charge is 0.238 e. The summed E-state index contributed by atoms with van der Waals surface area (Å²) < 4.78 is 37.5. The predicted molar refractivity (Wildman–Crippen MR) is 96.3 cm³/mol. The molecule has 1 amide bonds. The monoisotopic (exact) mass is 408 g/mol. The van der Waals surface area contributed by atoms with Gasteiger partial charge in [-0.3, -0.25) is 4.79 Å². The van der Waals surface area contributed by atoms with E-state index in [4.69, 9.17) is 5.14 Å². The van der Waals surface area contributed by atoms with Gasteiger partial charge >= 0.3 is 0 Å². The van der Waals surface area contributed by atoms with Crippen molar-refractivity contribution in [3.8, 4) is 5.69 Å². The van der Waals surface area contributed by atoms with Gasteiger partial charge < -0.3 is 5.32 Å². The Morgan fingerprint density at radius 3 is 2.56 bits per heavy atom. The van der Waals surface area contributed by atoms with Crippen molar-refractivity contribution in [1.82, 2.24) is 20.2 Å². The zero-order valence-electron chi connectivity index (χ0n) is 13.6. The molecule has 0 spiro atoms. The van der Waals surface area contributed by atoms with Crippen molar-refractivity contribution in [2.45, 2.75) is 10.1 Å². The van der Waals surface area contributed by atoms with Crippen LogP contribution in [0.2, 0.25) is 0 Å². The Hall–Kier alpha value is -2.83. The highest BCUT2D eigenvalue weighted by Crippen LogP contribution is 2.20. The van der Waals surface area contributed by atoms with Crippen molar-refractivity contribution < 1.29 is 17.6 Å². The van der Waals surface area contributed by atoms with Crippen molar-refractivity contribution in [3.05, 3.63) is 54.3 Å². The zero-order valence-corrected chi connectivity index (χ0v) is 15.2. The number of nitrogens with one attached hydrogen (secondary N) is 1. The van der Waals surface area contributed by atoms with E-state index < -0.39 is 15.8 Å². The molecule has 0 atom stereocenters. The number of nitrogens with two attached hydrogens (primary N) is 1. The molecule has 0 saturated carbocycles. The van der Waals surface area contributed by atoms with Crippen LogP contribution >= 0.6 is 11.8 Å². The number of anilines is 1. The van der Waals surface area contributed by atoms with E-state index in [1.54, 1.807) is 12.1 Å². The second kappa shape index (κ2) is 7.82. The molecule has 0 saturated heterocycles. The van der Waals surface area contributed by atoms with Crippen LogP contribution in [0.4, 0.5) is 10.1 Å². The molecule has 2 aromatic carbocycles. The number of amides is 1. The predicted octanol–water partition coefficient (Wildman–Crippen LogP) is 1.18. The Kier molecular flexibility index (Phi) is 5.48. The molecule has 140 valence electrons. The fourth-order valence-corrected chi connectivity index (χ4v) is 3.30. The van der Waals surface area contributed by atoms with Crippen LogP contribution in [-0.2, 0) is 14.8 Å². The van der Waals surface area contributed by atoms with E-state index in [2.05, 4.69) is 20.8 Å². The first kappa shape index (κ1) is 18.9. The van der Waals surface area contributed by atoms with E-state index in [-0.39, 0.29) is 27.4 Å². The third-order valence-electron chi connectivity index (χ3n) is 3.32. The number of carbonyl (C=O) groups is 1. The molecule has 3 aromatic rings. The Bertz CT molecular complexity index is 1070. The van der Waals surface area contributed by atoms with Crippen LogP contribution in [-0.4, -0.2) is 40.3 Å². The fourth-order valence-electron chi connectivity index (χ4n) is 2.10. The maximum atomic E-state index is 13.9. The summed E-state index contributed by atoms with van der Waals surface area (Å²) in [6.07, 6.45) is 0. The van der Waals surface area contributed by atoms with Gasteiger partial charge in [0.15, 0.2) is 0 Å². The highest BCUT2D eigenvalue weighted by Gasteiger charge is 2.14. The molecule has 3 rings (SSSR count). The van der Waals surface area contributed by atoms with E-state index in [9.17, 15) is 17.6 Å². The Morgan fingerprint density at radius 2 is 1.89 bits per heavy atom. The van der Waals surface area contributed by atoms with Gasteiger partial charge in [-0.1, -0.05) is 23.9 Å². The number of sulfonamides is 1. The lowest BCUT2D eigenvalue weighted by Gasteiger charge is -2.07. The molecular weight excluding hydrogens is 395 g/mol. The lowest BCUT2D eigenvalue weighted by Crippen LogP contribution is -2.15. The first-order chi connectivity index (χ1) is 12.8. The van der Waals surface area contributed by atoms with E-state index in [1.165, 1.54) is 41.1 Å². The van der Waals surface area contributed by atoms with Crippen LogP contribution in [0.5, 0.6) is 0 Å². The Morgan fingerprint density at radius 1 is 1.19 bits per heavy atom. The minimum absolute atomic E-state index is 0.0359. The van der Waals surface area contributed by atoms with E-state index in [1.807, 2.05) is 0 Å². The van der Waals surface area contributed by atoms with Crippen molar-refractivity contribution in [1.29, 1.82) is 0 Å². The molecule has 27 heavy (non-hydrogen) atoms. The van der Waals surface area contributed by atoms with Gasteiger partial charge in [-0.05, 0) is 46.8 Å². The largest absolute Gasteiger partial charge is 0.325 e. The quantitative estimate of drug-likeness (QED) is 0.585. The molecule has 0 aliphatic rings. The van der Waals surface area contributed by atoms with E-state index in [0.29, 0.717) is 5.69 Å². The minimum Gasteiger partial charge on any atom is -0.325 e. The lowest BCUT2D eigenvalue weighted by molar-refractivity contribution is -0.113. The number of nitrogens with zero attached hydrogens (tertiary/aromatic N) is 4. The number of halogens is 1. The molecule has 0 fully saturated rings. The summed E-state index contributed by atoms with van der Waals surface area (Å²) in [5, 5.41) is 18.9. The van der Waals surface area contributed by atoms with Crippen LogP contribution in [0.25, 0.3) is 5.69 Å². The van der Waals surface area contributed by atoms with E-state index in [0.717, 1.165) is 11.8 Å². The molecule has 0 radical (unpaired) electrons. The summed E-state index contributed by atoms with van der Waals surface area (Å²) in [6, 6.07) is 11.4. The van der Waals surface area contributed by atoms with Gasteiger partial charge in [0, 0.05) is 5.69 Å². The van der Waals surface area contributed by atoms with Gasteiger partial charge in [0.1, 0.15) is 11.5 Å². The minimum atomic E-state index is -3.79. The first-order valence-electron chi connectivity index (χ1n) is 7.43. The summed E-state index contributed by atoms with van der Waals surface area (Å²) in [5.74, 6) is -0.899. The molecular formula is C15H13FN6O3S2. The number of hydrogen-bond donors (Lipinski definition) is 2. The Labute approximate surface area is 157 Å². The van der Waals surface area contributed by atoms with Gasteiger partial charge in [-0.25, -0.2) is 17.9 Å². The highest BCUT2D eigenvalue weighted by molar-refractivity contribution is 7.99. The summed E-state index contributed by atoms with van der Waals surface area (Å²) in [6.45, 7) is 0. The number of hydrogen-bond acceptors (Lipinski definition) is 7. The van der Waals surface area contributed by atoms with Crippen molar-refractivity contribution in [2.24, 2.45) is 5.14 Å². The molecule has 0 bridgehead atoms. The maximum absolute atomic E-state index is 13.9. The number of thioether (sulfide) groups is 1. The van der Waals surface area contributed by atoms with Crippen LogP contribution in [0.3, 0.4) is 0 Å². The van der Waals surface area contributed by atoms with Crippen molar-refractivity contribution >= 4 is 33.4 Å². The number of primary sulfonamides is 1. The molecule has 12 heteroatoms. The standard InChI is InChI=1S/C15H13FN6O3S2/c16-12-3-1-2-4-13(12)22-15(19-20-21-22)26-9-14(23)18-10-5-7-11(8-6-10)27(17,24)25/h1-8H,9H2,(H,18,23)(H2,17,24,25). The molecule has 9 nitrogen and oxygen atoms in total. The highest BCUT2D eigenvalue weighted by atomic mass is 32.2. The van der Waals surface area contributed by atoms with Crippen LogP contribution < -0.4 is 10.5 Å². The summed E-state index contributed by atoms with van der Waals surface area (Å²) in [4.78, 5) is 12.0. The fraction of sp³-hybridized carbons (Fsp3) is 0.0667. The molecule has 3 N–H and O–H groups in total. The van der Waals surface area contributed by atoms with Crippen LogP contribution in [0.1, 0.15) is 0 Å². The third kappa shape index (κ3) is 4.67. The van der Waals surface area contributed by atoms with Gasteiger partial charge in [0.25, 0.3) is 0 Å². The zero-order chi connectivity index (χ0) is 19.4. The second-order valence-corrected chi connectivity index (χ2v) is 7.73.